The second-order valence-corrected chi connectivity index (χ2v) is 6.94. The molecule has 162 valence electrons. The van der Waals surface area contributed by atoms with Crippen molar-refractivity contribution in [2.45, 2.75) is 6.18 Å². The van der Waals surface area contributed by atoms with Crippen LogP contribution in [0.2, 0.25) is 0 Å². The highest BCUT2D eigenvalue weighted by molar-refractivity contribution is 9.10. The summed E-state index contributed by atoms with van der Waals surface area (Å²) in [6.07, 6.45) is -5.00. The molecular weight excluding hydrogens is 488 g/mol. The number of alkyl halides is 3. The van der Waals surface area contributed by atoms with Crippen LogP contribution in [0.5, 0.6) is 0 Å². The molecule has 0 saturated carbocycles. The van der Waals surface area contributed by atoms with Crippen LogP contribution in [-0.4, -0.2) is 35.9 Å². The van der Waals surface area contributed by atoms with Crippen LogP contribution in [0, 0.1) is 5.82 Å². The fourth-order valence-corrected chi connectivity index (χ4v) is 3.41. The molecule has 0 fully saturated rings. The summed E-state index contributed by atoms with van der Waals surface area (Å²) in [4.78, 5) is 25.1. The van der Waals surface area contributed by atoms with E-state index in [0.29, 0.717) is 6.07 Å². The van der Waals surface area contributed by atoms with Gasteiger partial charge in [-0.3, -0.25) is 0 Å². The van der Waals surface area contributed by atoms with Gasteiger partial charge in [0.15, 0.2) is 5.69 Å². The highest BCUT2D eigenvalue weighted by atomic mass is 79.9. The molecule has 31 heavy (non-hydrogen) atoms. The summed E-state index contributed by atoms with van der Waals surface area (Å²) in [6, 6.07) is 9.48. The SMILES string of the molecule is COC(=O)c1c(-c2c(Br)ccc(C(F)(F)F)c2F)nn(-c2ccccc2)c1C(=O)OC. The smallest absolute Gasteiger partial charge is 0.419 e. The molecule has 2 aromatic carbocycles. The number of carbonyl (C=O) groups excluding carboxylic acids is 2. The van der Waals surface area contributed by atoms with Crippen molar-refractivity contribution in [1.82, 2.24) is 9.78 Å². The Hall–Kier alpha value is -3.21. The maximum Gasteiger partial charge on any atom is 0.419 e. The van der Waals surface area contributed by atoms with E-state index in [2.05, 4.69) is 21.0 Å². The zero-order valence-electron chi connectivity index (χ0n) is 16.0. The first-order valence-electron chi connectivity index (χ1n) is 8.52. The number of nitrogens with zero attached hydrogens (tertiary/aromatic N) is 2. The molecule has 0 atom stereocenters. The monoisotopic (exact) mass is 500 g/mol. The lowest BCUT2D eigenvalue weighted by atomic mass is 10.0. The molecular formula is C20H13BrF4N2O4. The van der Waals surface area contributed by atoms with Gasteiger partial charge in [0.25, 0.3) is 0 Å². The zero-order valence-corrected chi connectivity index (χ0v) is 17.5. The van der Waals surface area contributed by atoms with E-state index in [1.807, 2.05) is 0 Å². The van der Waals surface area contributed by atoms with Gasteiger partial charge in [-0.05, 0) is 40.2 Å². The van der Waals surface area contributed by atoms with Gasteiger partial charge in [-0.25, -0.2) is 18.7 Å². The van der Waals surface area contributed by atoms with Gasteiger partial charge < -0.3 is 9.47 Å². The molecule has 1 aromatic heterocycles. The summed E-state index contributed by atoms with van der Waals surface area (Å²) in [6.45, 7) is 0. The third-order valence-corrected chi connectivity index (χ3v) is 4.95. The number of methoxy groups -OCH3 is 2. The minimum atomic E-state index is -5.00. The summed E-state index contributed by atoms with van der Waals surface area (Å²) in [5.41, 5.74) is -3.43. The molecule has 3 rings (SSSR count). The third-order valence-electron chi connectivity index (χ3n) is 4.29. The Morgan fingerprint density at radius 2 is 1.61 bits per heavy atom. The van der Waals surface area contributed by atoms with Gasteiger partial charge >= 0.3 is 18.1 Å². The molecule has 0 spiro atoms. The van der Waals surface area contributed by atoms with Gasteiger partial charge in [-0.1, -0.05) is 18.2 Å². The van der Waals surface area contributed by atoms with Gasteiger partial charge in [0.2, 0.25) is 0 Å². The lowest BCUT2D eigenvalue weighted by Gasteiger charge is -2.12. The Morgan fingerprint density at radius 3 is 2.16 bits per heavy atom. The lowest BCUT2D eigenvalue weighted by molar-refractivity contribution is -0.139. The van der Waals surface area contributed by atoms with E-state index in [4.69, 9.17) is 9.47 Å². The van der Waals surface area contributed by atoms with Crippen molar-refractivity contribution in [2.75, 3.05) is 14.2 Å². The number of hydrogen-bond donors (Lipinski definition) is 0. The van der Waals surface area contributed by atoms with Gasteiger partial charge in [0.1, 0.15) is 17.1 Å². The van der Waals surface area contributed by atoms with Gasteiger partial charge in [-0.2, -0.15) is 18.3 Å². The summed E-state index contributed by atoms with van der Waals surface area (Å²) in [7, 11) is 2.05. The van der Waals surface area contributed by atoms with E-state index in [1.165, 1.54) is 12.1 Å². The average Bonchev–Trinajstić information content (AvgIpc) is 3.12. The number of halogens is 5. The molecule has 0 unspecified atom stereocenters. The first kappa shape index (κ1) is 22.5. The minimum absolute atomic E-state index is 0.114. The van der Waals surface area contributed by atoms with E-state index < -0.39 is 52.0 Å². The number of rotatable bonds is 4. The van der Waals surface area contributed by atoms with Crippen molar-refractivity contribution in [2.24, 2.45) is 0 Å². The highest BCUT2D eigenvalue weighted by Crippen LogP contribution is 2.41. The topological polar surface area (TPSA) is 70.4 Å². The van der Waals surface area contributed by atoms with E-state index in [0.717, 1.165) is 25.0 Å². The number of esters is 2. The number of benzene rings is 2. The van der Waals surface area contributed by atoms with Gasteiger partial charge in [-0.15, -0.1) is 0 Å². The minimum Gasteiger partial charge on any atom is -0.465 e. The first-order chi connectivity index (χ1) is 14.6. The third kappa shape index (κ3) is 4.05. The normalized spacial score (nSPS) is 11.3. The standard InChI is InChI=1S/C20H13BrF4N2O4/c1-30-18(28)14-16(13-12(21)9-8-11(15(13)22)20(23,24)25)26-27(17(14)19(29)31-2)10-6-4-3-5-7-10/h3-9H,1-2H3. The van der Waals surface area contributed by atoms with Gasteiger partial charge in [0.05, 0.1) is 31.0 Å². The highest BCUT2D eigenvalue weighted by Gasteiger charge is 2.39. The van der Waals surface area contributed by atoms with Crippen molar-refractivity contribution in [3.63, 3.8) is 0 Å². The second kappa shape index (κ2) is 8.50. The van der Waals surface area contributed by atoms with E-state index >= 15 is 4.39 Å². The van der Waals surface area contributed by atoms with Crippen molar-refractivity contribution in [3.05, 3.63) is 69.6 Å². The molecule has 0 aliphatic heterocycles. The molecule has 0 aliphatic rings. The molecule has 3 aromatic rings. The molecule has 0 saturated heterocycles. The Bertz CT molecular complexity index is 1160. The van der Waals surface area contributed by atoms with Crippen LogP contribution in [0.4, 0.5) is 17.6 Å². The maximum absolute atomic E-state index is 15.0. The predicted octanol–water partition coefficient (Wildman–Crippen LogP) is 5.03. The first-order valence-corrected chi connectivity index (χ1v) is 9.31. The summed E-state index contributed by atoms with van der Waals surface area (Å²) in [5.74, 6) is -3.80. The fourth-order valence-electron chi connectivity index (χ4n) is 2.92. The van der Waals surface area contributed by atoms with Crippen molar-refractivity contribution < 1.29 is 36.6 Å². The van der Waals surface area contributed by atoms with Crippen molar-refractivity contribution in [3.8, 4) is 16.9 Å². The number of carbonyl (C=O) groups is 2. The molecule has 0 radical (unpaired) electrons. The van der Waals surface area contributed by atoms with Crippen LogP contribution in [0.25, 0.3) is 16.9 Å². The van der Waals surface area contributed by atoms with Crippen LogP contribution in [0.1, 0.15) is 26.4 Å². The summed E-state index contributed by atoms with van der Waals surface area (Å²) >= 11 is 3.01. The summed E-state index contributed by atoms with van der Waals surface area (Å²) < 4.78 is 65.2. The number of hydrogen-bond acceptors (Lipinski definition) is 5. The van der Waals surface area contributed by atoms with Crippen LogP contribution in [0.15, 0.2) is 46.9 Å². The van der Waals surface area contributed by atoms with E-state index in [1.54, 1.807) is 18.2 Å². The number of para-hydroxylation sites is 1. The number of aromatic nitrogens is 2. The Kier molecular flexibility index (Phi) is 6.16. The van der Waals surface area contributed by atoms with Crippen LogP contribution < -0.4 is 0 Å². The molecule has 0 bridgehead atoms. The largest absolute Gasteiger partial charge is 0.465 e. The Balaban J connectivity index is 2.46. The van der Waals surface area contributed by atoms with Crippen LogP contribution in [0.3, 0.4) is 0 Å². The lowest BCUT2D eigenvalue weighted by Crippen LogP contribution is -2.15. The van der Waals surface area contributed by atoms with Crippen LogP contribution in [-0.2, 0) is 15.7 Å². The quantitative estimate of drug-likeness (QED) is 0.371. The second-order valence-electron chi connectivity index (χ2n) is 6.08. The van der Waals surface area contributed by atoms with Crippen molar-refractivity contribution >= 4 is 27.9 Å². The molecule has 1 heterocycles. The average molecular weight is 501 g/mol. The van der Waals surface area contributed by atoms with Crippen LogP contribution >= 0.6 is 15.9 Å². The predicted molar refractivity (Wildman–Crippen MR) is 104 cm³/mol. The number of ether oxygens (including phenoxy) is 2. The van der Waals surface area contributed by atoms with Gasteiger partial charge in [0, 0.05) is 4.47 Å². The van der Waals surface area contributed by atoms with E-state index in [-0.39, 0.29) is 10.2 Å². The zero-order chi connectivity index (χ0) is 22.9. The molecule has 11 heteroatoms. The fraction of sp³-hybridized carbons (Fsp3) is 0.150. The van der Waals surface area contributed by atoms with E-state index in [9.17, 15) is 22.8 Å². The maximum atomic E-state index is 15.0. The molecule has 0 N–H and O–H groups in total. The molecule has 6 nitrogen and oxygen atoms in total. The summed E-state index contributed by atoms with van der Waals surface area (Å²) in [5, 5.41) is 4.11. The Labute approximate surface area is 181 Å². The molecule has 0 amide bonds. The molecule has 0 aliphatic carbocycles. The Morgan fingerprint density at radius 1 is 1.00 bits per heavy atom. The van der Waals surface area contributed by atoms with Crippen molar-refractivity contribution in [1.29, 1.82) is 0 Å².